The summed E-state index contributed by atoms with van der Waals surface area (Å²) < 4.78 is 11.8. The lowest BCUT2D eigenvalue weighted by atomic mass is 9.67. The van der Waals surface area contributed by atoms with Crippen LogP contribution in [0.3, 0.4) is 0 Å². The fourth-order valence-electron chi connectivity index (χ4n) is 4.84. The summed E-state index contributed by atoms with van der Waals surface area (Å²) in [6, 6.07) is 14.7. The molecule has 2 aliphatic rings. The molecule has 2 aromatic carbocycles. The van der Waals surface area contributed by atoms with Crippen LogP contribution in [0.2, 0.25) is 0 Å². The monoisotopic (exact) mass is 378 g/mol. The molecule has 2 atom stereocenters. The third-order valence-corrected chi connectivity index (χ3v) is 5.97. The molecular weight excluding hydrogens is 348 g/mol. The molecule has 148 valence electrons. The maximum Gasteiger partial charge on any atom is 0.311 e. The minimum absolute atomic E-state index is 0.116. The summed E-state index contributed by atoms with van der Waals surface area (Å²) in [4.78, 5) is 12.1. The Morgan fingerprint density at radius 1 is 1.21 bits per heavy atom. The normalized spacial score (nSPS) is 20.8. The number of ether oxygens (including phenoxy) is 2. The van der Waals surface area contributed by atoms with Crippen LogP contribution in [0.15, 0.2) is 42.5 Å². The summed E-state index contributed by atoms with van der Waals surface area (Å²) in [6.07, 6.45) is 5.82. The van der Waals surface area contributed by atoms with Crippen LogP contribution in [0.5, 0.6) is 11.5 Å². The maximum atomic E-state index is 12.1. The number of rotatable bonds is 6. The smallest absolute Gasteiger partial charge is 0.311 e. The lowest BCUT2D eigenvalue weighted by Gasteiger charge is -2.39. The highest BCUT2D eigenvalue weighted by Crippen LogP contribution is 2.50. The lowest BCUT2D eigenvalue weighted by molar-refractivity contribution is -0.136. The predicted molar refractivity (Wildman–Crippen MR) is 111 cm³/mol. The molecular formula is C25H30O3. The van der Waals surface area contributed by atoms with Crippen LogP contribution >= 0.6 is 0 Å². The number of hydrogen-bond acceptors (Lipinski definition) is 3. The predicted octanol–water partition coefficient (Wildman–Crippen LogP) is 5.84. The Kier molecular flexibility index (Phi) is 5.18. The van der Waals surface area contributed by atoms with E-state index in [-0.39, 0.29) is 23.4 Å². The average Bonchev–Trinajstić information content (AvgIpc) is 2.60. The van der Waals surface area contributed by atoms with Crippen LogP contribution in [-0.2, 0) is 17.6 Å². The summed E-state index contributed by atoms with van der Waals surface area (Å²) in [5, 5.41) is 0. The third kappa shape index (κ3) is 4.24. The summed E-state index contributed by atoms with van der Waals surface area (Å²) in [7, 11) is 0. The van der Waals surface area contributed by atoms with E-state index in [9.17, 15) is 4.79 Å². The number of esters is 1. The van der Waals surface area contributed by atoms with Crippen molar-refractivity contribution in [3.63, 3.8) is 0 Å². The van der Waals surface area contributed by atoms with Crippen molar-refractivity contribution >= 4 is 5.97 Å². The number of hydrogen-bond donors (Lipinski definition) is 0. The first-order valence-corrected chi connectivity index (χ1v) is 10.5. The molecule has 4 rings (SSSR count). The molecule has 0 saturated carbocycles. The molecule has 0 saturated heterocycles. The average molecular weight is 379 g/mol. The van der Waals surface area contributed by atoms with Crippen LogP contribution < -0.4 is 9.47 Å². The van der Waals surface area contributed by atoms with Crippen LogP contribution in [0, 0.1) is 5.41 Å². The summed E-state index contributed by atoms with van der Waals surface area (Å²) in [6.45, 7) is 6.69. The Balaban J connectivity index is 1.45. The molecule has 0 spiro atoms. The van der Waals surface area contributed by atoms with Gasteiger partial charge in [-0.25, -0.2) is 0 Å². The zero-order chi connectivity index (χ0) is 19.7. The Morgan fingerprint density at radius 3 is 2.79 bits per heavy atom. The van der Waals surface area contributed by atoms with Gasteiger partial charge in [0.2, 0.25) is 0 Å². The van der Waals surface area contributed by atoms with Crippen LogP contribution in [-0.4, -0.2) is 12.1 Å². The standard InChI is InChI=1S/C25H30O3/c1-17(8-7-11-18-9-5-4-6-10-18)27-21-12-19-15-25(2,3)16-20-13-23(26)28-22(14-21)24(19)20/h4-6,9-10,12,14,17,20H,7-8,11,13,15-16H2,1-3H3. The van der Waals surface area contributed by atoms with Crippen molar-refractivity contribution in [2.75, 3.05) is 0 Å². The molecule has 0 aromatic heterocycles. The molecule has 2 unspecified atom stereocenters. The molecule has 3 heteroatoms. The Hall–Kier alpha value is -2.29. The van der Waals surface area contributed by atoms with E-state index in [0.717, 1.165) is 43.6 Å². The van der Waals surface area contributed by atoms with E-state index in [4.69, 9.17) is 9.47 Å². The van der Waals surface area contributed by atoms with Gasteiger partial charge in [0.25, 0.3) is 0 Å². The van der Waals surface area contributed by atoms with Crippen molar-refractivity contribution < 1.29 is 14.3 Å². The largest absolute Gasteiger partial charge is 0.491 e. The van der Waals surface area contributed by atoms with E-state index >= 15 is 0 Å². The molecule has 3 nitrogen and oxygen atoms in total. The van der Waals surface area contributed by atoms with Gasteiger partial charge in [-0.3, -0.25) is 4.79 Å². The first kappa shape index (κ1) is 19.0. The molecule has 0 radical (unpaired) electrons. The molecule has 1 heterocycles. The van der Waals surface area contributed by atoms with Gasteiger partial charge in [0.15, 0.2) is 0 Å². The van der Waals surface area contributed by atoms with E-state index in [1.807, 2.05) is 6.07 Å². The minimum Gasteiger partial charge on any atom is -0.491 e. The van der Waals surface area contributed by atoms with Gasteiger partial charge in [0, 0.05) is 11.6 Å². The van der Waals surface area contributed by atoms with Crippen LogP contribution in [0.4, 0.5) is 0 Å². The fourth-order valence-corrected chi connectivity index (χ4v) is 4.84. The van der Waals surface area contributed by atoms with Gasteiger partial charge in [0.1, 0.15) is 11.5 Å². The van der Waals surface area contributed by atoms with E-state index < -0.39 is 0 Å². The highest BCUT2D eigenvalue weighted by molar-refractivity contribution is 5.77. The van der Waals surface area contributed by atoms with Crippen molar-refractivity contribution in [1.82, 2.24) is 0 Å². The first-order chi connectivity index (χ1) is 13.4. The quantitative estimate of drug-likeness (QED) is 0.468. The Labute approximate surface area is 168 Å². The zero-order valence-corrected chi connectivity index (χ0v) is 17.2. The maximum absolute atomic E-state index is 12.1. The van der Waals surface area contributed by atoms with Crippen molar-refractivity contribution in [2.45, 2.75) is 71.3 Å². The molecule has 2 aromatic rings. The number of carbonyl (C=O) groups excluding carboxylic acids is 1. The number of carbonyl (C=O) groups is 1. The SMILES string of the molecule is CC(CCCc1ccccc1)Oc1cc2c3c(c1)OC(=O)CC3CC(C)(C)C2. The second-order valence-electron chi connectivity index (χ2n) is 9.22. The Bertz CT molecular complexity index is 854. The molecule has 1 aliphatic heterocycles. The highest BCUT2D eigenvalue weighted by atomic mass is 16.5. The molecule has 0 N–H and O–H groups in total. The van der Waals surface area contributed by atoms with Crippen LogP contribution in [0.1, 0.15) is 69.1 Å². The van der Waals surface area contributed by atoms with E-state index in [1.165, 1.54) is 16.7 Å². The molecule has 0 amide bonds. The van der Waals surface area contributed by atoms with E-state index in [0.29, 0.717) is 6.42 Å². The van der Waals surface area contributed by atoms with Crippen molar-refractivity contribution in [3.05, 3.63) is 59.2 Å². The zero-order valence-electron chi connectivity index (χ0n) is 17.2. The van der Waals surface area contributed by atoms with Crippen molar-refractivity contribution in [3.8, 4) is 11.5 Å². The van der Waals surface area contributed by atoms with Gasteiger partial charge in [-0.2, -0.15) is 0 Å². The second kappa shape index (κ2) is 7.62. The summed E-state index contributed by atoms with van der Waals surface area (Å²) in [5.74, 6) is 1.72. The molecule has 0 fully saturated rings. The molecule has 28 heavy (non-hydrogen) atoms. The van der Waals surface area contributed by atoms with Crippen molar-refractivity contribution in [1.29, 1.82) is 0 Å². The number of benzene rings is 2. The summed E-state index contributed by atoms with van der Waals surface area (Å²) >= 11 is 0. The van der Waals surface area contributed by atoms with Crippen molar-refractivity contribution in [2.24, 2.45) is 5.41 Å². The van der Waals surface area contributed by atoms with Gasteiger partial charge in [0.05, 0.1) is 12.5 Å². The van der Waals surface area contributed by atoms with Crippen LogP contribution in [0.25, 0.3) is 0 Å². The topological polar surface area (TPSA) is 35.5 Å². The fraction of sp³-hybridized carbons (Fsp3) is 0.480. The van der Waals surface area contributed by atoms with E-state index in [2.05, 4.69) is 57.2 Å². The van der Waals surface area contributed by atoms with E-state index in [1.54, 1.807) is 0 Å². The summed E-state index contributed by atoms with van der Waals surface area (Å²) in [5.41, 5.74) is 4.10. The molecule has 0 bridgehead atoms. The number of aryl methyl sites for hydroxylation is 1. The lowest BCUT2D eigenvalue weighted by Crippen LogP contribution is -2.31. The third-order valence-electron chi connectivity index (χ3n) is 5.97. The first-order valence-electron chi connectivity index (χ1n) is 10.5. The second-order valence-corrected chi connectivity index (χ2v) is 9.22. The van der Waals surface area contributed by atoms with Gasteiger partial charge in [-0.15, -0.1) is 0 Å². The minimum atomic E-state index is -0.116. The van der Waals surface area contributed by atoms with Gasteiger partial charge >= 0.3 is 5.97 Å². The van der Waals surface area contributed by atoms with Gasteiger partial charge in [-0.1, -0.05) is 44.2 Å². The van der Waals surface area contributed by atoms with Gasteiger partial charge < -0.3 is 9.47 Å². The Morgan fingerprint density at radius 2 is 2.00 bits per heavy atom. The highest BCUT2D eigenvalue weighted by Gasteiger charge is 2.39. The molecule has 1 aliphatic carbocycles. The van der Waals surface area contributed by atoms with Gasteiger partial charge in [-0.05, 0) is 67.6 Å².